The molecule has 0 aliphatic carbocycles. The highest BCUT2D eigenvalue weighted by Gasteiger charge is 2.27. The number of pyridine rings is 1. The smallest absolute Gasteiger partial charge is 0.254 e. The predicted molar refractivity (Wildman–Crippen MR) is 98.9 cm³/mol. The lowest BCUT2D eigenvalue weighted by atomic mass is 9.95. The minimum absolute atomic E-state index is 0.0920. The van der Waals surface area contributed by atoms with Gasteiger partial charge in [0.05, 0.1) is 0 Å². The van der Waals surface area contributed by atoms with Crippen molar-refractivity contribution in [1.29, 1.82) is 0 Å². The number of nitrogens with zero attached hydrogens (tertiary/aromatic N) is 2. The number of hydrogen-bond donors (Lipinski definition) is 2. The normalized spacial score (nSPS) is 17.3. The van der Waals surface area contributed by atoms with E-state index in [1.54, 1.807) is 31.4 Å². The molecule has 1 aliphatic heterocycles. The molecule has 0 spiro atoms. The Bertz CT molecular complexity index is 715. The van der Waals surface area contributed by atoms with Gasteiger partial charge in [0, 0.05) is 31.4 Å². The monoisotopic (exact) mass is 339 g/mol. The van der Waals surface area contributed by atoms with Crippen molar-refractivity contribution in [3.8, 4) is 5.75 Å². The number of anilines is 1. The number of aromatic hydroxyl groups is 1. The first-order chi connectivity index (χ1) is 12.2. The summed E-state index contributed by atoms with van der Waals surface area (Å²) in [7, 11) is 1.80. The fourth-order valence-corrected chi connectivity index (χ4v) is 3.43. The predicted octanol–water partition coefficient (Wildman–Crippen LogP) is 3.46. The molecule has 3 rings (SSSR count). The van der Waals surface area contributed by atoms with E-state index in [1.165, 1.54) is 12.0 Å². The Kier molecular flexibility index (Phi) is 5.53. The van der Waals surface area contributed by atoms with Gasteiger partial charge in [0.25, 0.3) is 5.91 Å². The first kappa shape index (κ1) is 17.3. The van der Waals surface area contributed by atoms with Crippen molar-refractivity contribution >= 4 is 11.7 Å². The Balaban J connectivity index is 1.69. The highest BCUT2D eigenvalue weighted by Crippen LogP contribution is 2.24. The second-order valence-corrected chi connectivity index (χ2v) is 6.53. The van der Waals surface area contributed by atoms with Crippen LogP contribution in [0.25, 0.3) is 0 Å². The number of aryl methyl sites for hydroxylation is 1. The summed E-state index contributed by atoms with van der Waals surface area (Å²) >= 11 is 0. The summed E-state index contributed by atoms with van der Waals surface area (Å²) in [4.78, 5) is 19.2. The van der Waals surface area contributed by atoms with Gasteiger partial charge in [-0.25, -0.2) is 4.98 Å². The average Bonchev–Trinajstić information content (AvgIpc) is 2.67. The number of benzene rings is 1. The highest BCUT2D eigenvalue weighted by molar-refractivity contribution is 5.95. The lowest BCUT2D eigenvalue weighted by Gasteiger charge is -2.36. The maximum absolute atomic E-state index is 13.0. The Labute approximate surface area is 148 Å². The van der Waals surface area contributed by atoms with Crippen molar-refractivity contribution in [2.24, 2.45) is 0 Å². The number of piperidine rings is 1. The number of nitrogens with one attached hydrogen (secondary N) is 1. The number of amides is 1. The molecule has 2 N–H and O–H groups in total. The van der Waals surface area contributed by atoms with Crippen LogP contribution in [0.2, 0.25) is 0 Å². The van der Waals surface area contributed by atoms with Gasteiger partial charge in [-0.15, -0.1) is 0 Å². The fourth-order valence-electron chi connectivity index (χ4n) is 3.43. The van der Waals surface area contributed by atoms with Crippen LogP contribution < -0.4 is 5.32 Å². The lowest BCUT2D eigenvalue weighted by Crippen LogP contribution is -2.44. The van der Waals surface area contributed by atoms with Crippen LogP contribution in [0.15, 0.2) is 42.6 Å². The number of phenols is 1. The van der Waals surface area contributed by atoms with Crippen molar-refractivity contribution in [2.45, 2.75) is 38.1 Å². The van der Waals surface area contributed by atoms with E-state index in [1.807, 2.05) is 23.1 Å². The third-order valence-corrected chi connectivity index (χ3v) is 4.85. The second-order valence-electron chi connectivity index (χ2n) is 6.53. The van der Waals surface area contributed by atoms with E-state index in [4.69, 9.17) is 0 Å². The van der Waals surface area contributed by atoms with Gasteiger partial charge < -0.3 is 15.3 Å². The van der Waals surface area contributed by atoms with Crippen molar-refractivity contribution in [3.63, 3.8) is 0 Å². The molecule has 5 heteroatoms. The highest BCUT2D eigenvalue weighted by atomic mass is 16.3. The maximum atomic E-state index is 13.0. The van der Waals surface area contributed by atoms with Crippen molar-refractivity contribution < 1.29 is 9.90 Å². The van der Waals surface area contributed by atoms with Crippen LogP contribution in [0.3, 0.4) is 0 Å². The summed E-state index contributed by atoms with van der Waals surface area (Å²) in [5.74, 6) is 1.09. The minimum Gasteiger partial charge on any atom is -0.508 e. The van der Waals surface area contributed by atoms with Gasteiger partial charge in [-0.05, 0) is 61.9 Å². The largest absolute Gasteiger partial charge is 0.508 e. The van der Waals surface area contributed by atoms with Gasteiger partial charge >= 0.3 is 0 Å². The molecule has 1 fully saturated rings. The summed E-state index contributed by atoms with van der Waals surface area (Å²) in [6, 6.07) is 11.2. The minimum atomic E-state index is 0.0920. The number of hydrogen-bond acceptors (Lipinski definition) is 4. The topological polar surface area (TPSA) is 65.5 Å². The zero-order valence-corrected chi connectivity index (χ0v) is 14.6. The van der Waals surface area contributed by atoms with E-state index in [9.17, 15) is 9.90 Å². The number of aromatic nitrogens is 1. The van der Waals surface area contributed by atoms with Crippen LogP contribution in [0.1, 0.15) is 41.6 Å². The van der Waals surface area contributed by atoms with Crippen LogP contribution in [0.4, 0.5) is 5.82 Å². The van der Waals surface area contributed by atoms with Gasteiger partial charge in [-0.2, -0.15) is 0 Å². The molecule has 2 heterocycles. The Morgan fingerprint density at radius 1 is 1.28 bits per heavy atom. The summed E-state index contributed by atoms with van der Waals surface area (Å²) in [5.41, 5.74) is 1.88. The molecule has 1 atom stereocenters. The van der Waals surface area contributed by atoms with E-state index >= 15 is 0 Å². The van der Waals surface area contributed by atoms with E-state index < -0.39 is 0 Å². The summed E-state index contributed by atoms with van der Waals surface area (Å²) < 4.78 is 0. The Morgan fingerprint density at radius 3 is 2.84 bits per heavy atom. The van der Waals surface area contributed by atoms with Crippen molar-refractivity contribution in [3.05, 3.63) is 53.7 Å². The number of phenolic OH excluding ortho intramolecular Hbond substituents is 1. The van der Waals surface area contributed by atoms with E-state index in [0.717, 1.165) is 32.2 Å². The molecule has 25 heavy (non-hydrogen) atoms. The summed E-state index contributed by atoms with van der Waals surface area (Å²) in [6.45, 7) is 0.816. The Hall–Kier alpha value is -2.56. The zero-order valence-electron chi connectivity index (χ0n) is 14.6. The molecule has 2 aromatic rings. The van der Waals surface area contributed by atoms with Gasteiger partial charge in [0.2, 0.25) is 0 Å². The SMILES string of the molecule is CNc1cc(C(=O)N2CCCC[C@H]2CCc2ccc(O)cc2)ccn1. The third kappa shape index (κ3) is 4.29. The Morgan fingerprint density at radius 2 is 2.08 bits per heavy atom. The lowest BCUT2D eigenvalue weighted by molar-refractivity contribution is 0.0602. The van der Waals surface area contributed by atoms with Gasteiger partial charge in [-0.3, -0.25) is 4.79 Å². The maximum Gasteiger partial charge on any atom is 0.254 e. The molecule has 5 nitrogen and oxygen atoms in total. The zero-order chi connectivity index (χ0) is 17.6. The average molecular weight is 339 g/mol. The number of carbonyl (C=O) groups excluding carboxylic acids is 1. The molecule has 132 valence electrons. The molecule has 1 aromatic carbocycles. The van der Waals surface area contributed by atoms with Crippen LogP contribution in [-0.4, -0.2) is 40.5 Å². The molecule has 1 saturated heterocycles. The number of carbonyl (C=O) groups is 1. The van der Waals surface area contributed by atoms with E-state index in [2.05, 4.69) is 10.3 Å². The first-order valence-electron chi connectivity index (χ1n) is 8.90. The summed E-state index contributed by atoms with van der Waals surface area (Å²) in [6.07, 6.45) is 6.81. The third-order valence-electron chi connectivity index (χ3n) is 4.85. The summed E-state index contributed by atoms with van der Waals surface area (Å²) in [5, 5.41) is 12.4. The van der Waals surface area contributed by atoms with Crippen LogP contribution in [0.5, 0.6) is 5.75 Å². The van der Waals surface area contributed by atoms with Crippen molar-refractivity contribution in [2.75, 3.05) is 18.9 Å². The molecule has 0 unspecified atom stereocenters. The van der Waals surface area contributed by atoms with Crippen LogP contribution in [-0.2, 0) is 6.42 Å². The quantitative estimate of drug-likeness (QED) is 0.875. The van der Waals surface area contributed by atoms with Gasteiger partial charge in [0.15, 0.2) is 0 Å². The molecule has 0 bridgehead atoms. The van der Waals surface area contributed by atoms with E-state index in [0.29, 0.717) is 11.4 Å². The fraction of sp³-hybridized carbons (Fsp3) is 0.400. The number of rotatable bonds is 5. The molecule has 0 saturated carbocycles. The molecular formula is C20H25N3O2. The van der Waals surface area contributed by atoms with Gasteiger partial charge in [-0.1, -0.05) is 12.1 Å². The van der Waals surface area contributed by atoms with Crippen LogP contribution in [0, 0.1) is 0 Å². The first-order valence-corrected chi connectivity index (χ1v) is 8.90. The van der Waals surface area contributed by atoms with Crippen LogP contribution >= 0.6 is 0 Å². The molecule has 1 aliphatic rings. The second kappa shape index (κ2) is 8.01. The molecular weight excluding hydrogens is 314 g/mol. The standard InChI is InChI=1S/C20H25N3O2/c1-21-19-14-16(11-12-22-19)20(25)23-13-3-2-4-17(23)8-5-15-6-9-18(24)10-7-15/h6-7,9-12,14,17,24H,2-5,8,13H2,1H3,(H,21,22)/t17-/m0/s1. The van der Waals surface area contributed by atoms with Gasteiger partial charge in [0.1, 0.15) is 11.6 Å². The molecule has 1 aromatic heterocycles. The molecule has 1 amide bonds. The van der Waals surface area contributed by atoms with E-state index in [-0.39, 0.29) is 17.7 Å². The molecule has 0 radical (unpaired) electrons. The van der Waals surface area contributed by atoms with Crippen molar-refractivity contribution in [1.82, 2.24) is 9.88 Å². The number of likely N-dealkylation sites (tertiary alicyclic amines) is 1.